The summed E-state index contributed by atoms with van der Waals surface area (Å²) in [5, 5.41) is 14.4. The molecule has 0 aliphatic carbocycles. The van der Waals surface area contributed by atoms with Crippen molar-refractivity contribution in [1.82, 2.24) is 29.8 Å². The van der Waals surface area contributed by atoms with Crippen LogP contribution in [-0.4, -0.2) is 36.0 Å². The van der Waals surface area contributed by atoms with Gasteiger partial charge in [0.1, 0.15) is 11.4 Å². The van der Waals surface area contributed by atoms with Gasteiger partial charge in [0.15, 0.2) is 0 Å². The van der Waals surface area contributed by atoms with Crippen LogP contribution in [0.5, 0.6) is 0 Å². The molecule has 0 saturated heterocycles. The van der Waals surface area contributed by atoms with E-state index in [0.717, 1.165) is 20.9 Å². The maximum Gasteiger partial charge on any atom is 0.203 e. The molecule has 5 aromatic rings. The first-order valence-corrected chi connectivity index (χ1v) is 9.68. The molecule has 0 aliphatic heterocycles. The van der Waals surface area contributed by atoms with Gasteiger partial charge >= 0.3 is 0 Å². The van der Waals surface area contributed by atoms with Gasteiger partial charge in [-0.1, -0.05) is 28.1 Å². The zero-order chi connectivity index (χ0) is 19.6. The Hall–Kier alpha value is -3.65. The van der Waals surface area contributed by atoms with Gasteiger partial charge in [-0.3, -0.25) is 9.97 Å². The van der Waals surface area contributed by atoms with Gasteiger partial charge in [-0.25, -0.2) is 0 Å². The smallest absolute Gasteiger partial charge is 0.203 e. The van der Waals surface area contributed by atoms with E-state index in [1.54, 1.807) is 23.3 Å². The minimum absolute atomic E-state index is 0.545. The molecular formula is C21H14BrN7. The lowest BCUT2D eigenvalue weighted by atomic mass is 10.2. The maximum absolute atomic E-state index is 4.69. The van der Waals surface area contributed by atoms with Crippen LogP contribution in [0.15, 0.2) is 82.8 Å². The number of fused-ring (bicyclic) bond motifs is 1. The highest BCUT2D eigenvalue weighted by molar-refractivity contribution is 9.10. The molecule has 8 heteroatoms. The predicted molar refractivity (Wildman–Crippen MR) is 115 cm³/mol. The minimum atomic E-state index is 0.545. The zero-order valence-electron chi connectivity index (χ0n) is 15.1. The highest BCUT2D eigenvalue weighted by Crippen LogP contribution is 2.24. The number of halogens is 1. The van der Waals surface area contributed by atoms with Crippen LogP contribution in [0, 0.1) is 0 Å². The number of nitrogens with one attached hydrogen (secondary N) is 1. The molecular weight excluding hydrogens is 430 g/mol. The maximum atomic E-state index is 4.69. The molecule has 0 radical (unpaired) electrons. The molecule has 1 aromatic carbocycles. The van der Waals surface area contributed by atoms with Gasteiger partial charge in [-0.05, 0) is 42.5 Å². The molecule has 5 rings (SSSR count). The Labute approximate surface area is 174 Å². The van der Waals surface area contributed by atoms with Crippen LogP contribution in [0.2, 0.25) is 0 Å². The van der Waals surface area contributed by atoms with Gasteiger partial charge in [0, 0.05) is 39.5 Å². The summed E-state index contributed by atoms with van der Waals surface area (Å²) in [5.74, 6) is 1.09. The number of hydrogen-bond acceptors (Lipinski definition) is 5. The van der Waals surface area contributed by atoms with Crippen LogP contribution in [-0.2, 0) is 0 Å². The van der Waals surface area contributed by atoms with Crippen LogP contribution in [0.4, 0.5) is 0 Å². The summed E-state index contributed by atoms with van der Waals surface area (Å²) in [5.41, 5.74) is 3.35. The van der Waals surface area contributed by atoms with E-state index in [0.29, 0.717) is 23.0 Å². The highest BCUT2D eigenvalue weighted by atomic mass is 79.9. The van der Waals surface area contributed by atoms with Crippen molar-refractivity contribution in [3.05, 3.63) is 83.2 Å². The first-order chi connectivity index (χ1) is 14.3. The Kier molecular flexibility index (Phi) is 4.45. The van der Waals surface area contributed by atoms with Crippen molar-refractivity contribution >= 4 is 33.0 Å². The molecule has 0 atom stereocenters. The van der Waals surface area contributed by atoms with Crippen molar-refractivity contribution in [2.75, 3.05) is 0 Å². The summed E-state index contributed by atoms with van der Waals surface area (Å²) in [6, 6.07) is 17.4. The van der Waals surface area contributed by atoms with E-state index in [-0.39, 0.29) is 0 Å². The topological polar surface area (TPSA) is 84.6 Å². The fraction of sp³-hybridized carbons (Fsp3) is 0. The summed E-state index contributed by atoms with van der Waals surface area (Å²) in [7, 11) is 0. The lowest BCUT2D eigenvalue weighted by Gasteiger charge is -2.03. The SMILES string of the molecule is Brc1ccc2[nH]cc(/C=N\n3c(-c4ccccn4)nnc3-c3ccccn3)c2c1. The zero-order valence-corrected chi connectivity index (χ0v) is 16.7. The summed E-state index contributed by atoms with van der Waals surface area (Å²) in [6.07, 6.45) is 7.14. The van der Waals surface area contributed by atoms with E-state index in [4.69, 9.17) is 5.10 Å². The van der Waals surface area contributed by atoms with Gasteiger partial charge in [0.25, 0.3) is 0 Å². The molecule has 0 amide bonds. The van der Waals surface area contributed by atoms with Gasteiger partial charge in [-0.15, -0.1) is 10.2 Å². The Morgan fingerprint density at radius 2 is 1.59 bits per heavy atom. The Morgan fingerprint density at radius 3 is 2.21 bits per heavy atom. The highest BCUT2D eigenvalue weighted by Gasteiger charge is 2.16. The largest absolute Gasteiger partial charge is 0.361 e. The molecule has 0 aliphatic rings. The quantitative estimate of drug-likeness (QED) is 0.413. The average molecular weight is 444 g/mol. The second-order valence-electron chi connectivity index (χ2n) is 6.27. The van der Waals surface area contributed by atoms with Crippen LogP contribution < -0.4 is 0 Å². The third-order valence-corrected chi connectivity index (χ3v) is 4.91. The van der Waals surface area contributed by atoms with Gasteiger partial charge in [-0.2, -0.15) is 9.78 Å². The van der Waals surface area contributed by atoms with Crippen LogP contribution in [0.25, 0.3) is 33.9 Å². The molecule has 0 unspecified atom stereocenters. The third kappa shape index (κ3) is 3.34. The molecule has 7 nitrogen and oxygen atoms in total. The number of nitrogens with zero attached hydrogens (tertiary/aromatic N) is 6. The average Bonchev–Trinajstić information content (AvgIpc) is 3.37. The Balaban J connectivity index is 1.65. The summed E-state index contributed by atoms with van der Waals surface area (Å²) in [4.78, 5) is 12.0. The summed E-state index contributed by atoms with van der Waals surface area (Å²) < 4.78 is 2.67. The van der Waals surface area contributed by atoms with Crippen molar-refractivity contribution in [2.45, 2.75) is 0 Å². The molecule has 0 spiro atoms. The van der Waals surface area contributed by atoms with Gasteiger partial charge in [0.2, 0.25) is 11.6 Å². The van der Waals surface area contributed by atoms with Crippen LogP contribution in [0.1, 0.15) is 5.56 Å². The molecule has 0 saturated carbocycles. The number of aromatic amines is 1. The monoisotopic (exact) mass is 443 g/mol. The standard InChI is InChI=1S/C21H14BrN7/c22-15-7-8-17-16(11-15)14(12-25-17)13-26-29-20(18-5-1-3-9-23-18)27-28-21(29)19-6-2-4-10-24-19/h1-13,25H/b26-13-. The van der Waals surface area contributed by atoms with Gasteiger partial charge in [0.05, 0.1) is 6.21 Å². The lowest BCUT2D eigenvalue weighted by molar-refractivity contribution is 0.887. The molecule has 0 bridgehead atoms. The fourth-order valence-electron chi connectivity index (χ4n) is 3.04. The molecule has 1 N–H and O–H groups in total. The van der Waals surface area contributed by atoms with Gasteiger partial charge < -0.3 is 4.98 Å². The Bertz CT molecular complexity index is 1250. The predicted octanol–water partition coefficient (Wildman–Crippen LogP) is 4.53. The second-order valence-corrected chi connectivity index (χ2v) is 7.18. The first kappa shape index (κ1) is 17.4. The minimum Gasteiger partial charge on any atom is -0.361 e. The van der Waals surface area contributed by atoms with E-state index in [1.165, 1.54) is 0 Å². The van der Waals surface area contributed by atoms with E-state index in [9.17, 15) is 0 Å². The van der Waals surface area contributed by atoms with Crippen molar-refractivity contribution < 1.29 is 0 Å². The third-order valence-electron chi connectivity index (χ3n) is 4.42. The molecule has 140 valence electrons. The molecule has 0 fully saturated rings. The van der Waals surface area contributed by atoms with E-state index in [1.807, 2.05) is 54.7 Å². The second kappa shape index (κ2) is 7.40. The molecule has 29 heavy (non-hydrogen) atoms. The van der Waals surface area contributed by atoms with Crippen LogP contribution >= 0.6 is 15.9 Å². The number of pyridine rings is 2. The Morgan fingerprint density at radius 1 is 0.897 bits per heavy atom. The number of rotatable bonds is 4. The van der Waals surface area contributed by atoms with Crippen molar-refractivity contribution in [3.63, 3.8) is 0 Å². The van der Waals surface area contributed by atoms with E-state index < -0.39 is 0 Å². The summed E-state index contributed by atoms with van der Waals surface area (Å²) in [6.45, 7) is 0. The normalized spacial score (nSPS) is 11.5. The summed E-state index contributed by atoms with van der Waals surface area (Å²) >= 11 is 3.53. The molecule has 4 heterocycles. The number of benzene rings is 1. The fourth-order valence-corrected chi connectivity index (χ4v) is 3.40. The lowest BCUT2D eigenvalue weighted by Crippen LogP contribution is -1.99. The number of aromatic nitrogens is 6. The van der Waals surface area contributed by atoms with Crippen molar-refractivity contribution in [2.24, 2.45) is 5.10 Å². The van der Waals surface area contributed by atoms with Crippen molar-refractivity contribution in [1.29, 1.82) is 0 Å². The van der Waals surface area contributed by atoms with E-state index in [2.05, 4.69) is 47.1 Å². The number of H-pyrrole nitrogens is 1. The van der Waals surface area contributed by atoms with E-state index >= 15 is 0 Å². The number of hydrogen-bond donors (Lipinski definition) is 1. The molecule has 4 aromatic heterocycles. The van der Waals surface area contributed by atoms with Crippen LogP contribution in [0.3, 0.4) is 0 Å². The first-order valence-electron chi connectivity index (χ1n) is 8.89. The van der Waals surface area contributed by atoms with Crippen molar-refractivity contribution in [3.8, 4) is 23.0 Å².